The summed E-state index contributed by atoms with van der Waals surface area (Å²) in [5.74, 6) is 0. The number of rotatable bonds is 0. The maximum atomic E-state index is 4.91. The molecule has 2 nitrogen and oxygen atoms in total. The maximum absolute atomic E-state index is 4.91. The van der Waals surface area contributed by atoms with Crippen molar-refractivity contribution < 1.29 is 0 Å². The molecule has 0 fully saturated rings. The van der Waals surface area contributed by atoms with E-state index >= 15 is 0 Å². The number of hydrogen-bond donors (Lipinski definition) is 0. The maximum Gasteiger partial charge on any atom is 0.171 e. The quantitative estimate of drug-likeness (QED) is 0.494. The molecule has 64 valence electrons. The van der Waals surface area contributed by atoms with Crippen molar-refractivity contribution in [2.75, 3.05) is 0 Å². The van der Waals surface area contributed by atoms with Crippen molar-refractivity contribution in [2.45, 2.75) is 0 Å². The smallest absolute Gasteiger partial charge is 0.171 e. The second-order valence-corrected chi connectivity index (χ2v) is 8.33. The van der Waals surface area contributed by atoms with Gasteiger partial charge in [0.05, 0.1) is 0 Å². The molecule has 1 heterocycles. The third-order valence-corrected chi connectivity index (χ3v) is 7.44. The van der Waals surface area contributed by atoms with E-state index in [4.69, 9.17) is 24.4 Å². The molecule has 0 aromatic carbocycles. The highest BCUT2D eigenvalue weighted by Crippen LogP contribution is 2.44. The van der Waals surface area contributed by atoms with Crippen LogP contribution in [0.25, 0.3) is 0 Å². The van der Waals surface area contributed by atoms with Gasteiger partial charge >= 0.3 is 0 Å². The molecule has 0 aliphatic carbocycles. The molecule has 0 unspecified atom stereocenters. The fraction of sp³-hybridized carbons (Fsp3) is 0. The van der Waals surface area contributed by atoms with Crippen molar-refractivity contribution in [2.24, 2.45) is 9.98 Å². The summed E-state index contributed by atoms with van der Waals surface area (Å²) in [6, 6.07) is 0. The minimum atomic E-state index is 0.604. The van der Waals surface area contributed by atoms with Crippen LogP contribution in [0.2, 0.25) is 0 Å². The van der Waals surface area contributed by atoms with E-state index in [1.165, 1.54) is 21.6 Å². The largest absolute Gasteiger partial charge is 0.236 e. The molecule has 0 spiro atoms. The van der Waals surface area contributed by atoms with Crippen molar-refractivity contribution in [1.29, 1.82) is 0 Å². The summed E-state index contributed by atoms with van der Waals surface area (Å²) >= 11 is 9.83. The molecule has 12 heavy (non-hydrogen) atoms. The van der Waals surface area contributed by atoms with Crippen LogP contribution in [0.3, 0.4) is 0 Å². The average Bonchev–Trinajstić information content (AvgIpc) is 2.06. The third-order valence-electron chi connectivity index (χ3n) is 0.665. The van der Waals surface area contributed by atoms with Gasteiger partial charge in [-0.1, -0.05) is 0 Å². The van der Waals surface area contributed by atoms with E-state index in [0.29, 0.717) is 8.64 Å². The Labute approximate surface area is 96.0 Å². The average molecular weight is 270 g/mol. The van der Waals surface area contributed by atoms with Gasteiger partial charge in [0.15, 0.2) is 8.64 Å². The zero-order valence-electron chi connectivity index (χ0n) is 5.50. The molecule has 1 aliphatic rings. The number of nitrogens with zero attached hydrogens (tertiary/aromatic N) is 2. The highest BCUT2D eigenvalue weighted by atomic mass is 33.7. The lowest BCUT2D eigenvalue weighted by atomic mass is 10.8. The van der Waals surface area contributed by atoms with E-state index in [1.807, 2.05) is 0 Å². The van der Waals surface area contributed by atoms with Gasteiger partial charge in [-0.2, -0.15) is 0 Å². The van der Waals surface area contributed by atoms with E-state index in [-0.39, 0.29) is 0 Å². The van der Waals surface area contributed by atoms with Crippen LogP contribution in [0.15, 0.2) is 9.98 Å². The molecule has 1 rings (SSSR count). The van der Waals surface area contributed by atoms with Crippen LogP contribution in [-0.2, 0) is 0 Å². The Kier molecular flexibility index (Phi) is 5.85. The van der Waals surface area contributed by atoms with Crippen LogP contribution >= 0.6 is 65.7 Å². The summed E-state index contributed by atoms with van der Waals surface area (Å²) in [5, 5.41) is 0. The lowest BCUT2D eigenvalue weighted by Gasteiger charge is -1.97. The SMILES string of the molecule is S=C1N=CC=NC(=S)SSSS1. The van der Waals surface area contributed by atoms with Gasteiger partial charge in [0.25, 0.3) is 0 Å². The van der Waals surface area contributed by atoms with Gasteiger partial charge in [0, 0.05) is 12.4 Å². The summed E-state index contributed by atoms with van der Waals surface area (Å²) in [7, 11) is 5.98. The fourth-order valence-electron chi connectivity index (χ4n) is 0.317. The molecule has 0 N–H and O–H groups in total. The van der Waals surface area contributed by atoms with E-state index in [9.17, 15) is 0 Å². The molecule has 0 aromatic heterocycles. The predicted molar refractivity (Wildman–Crippen MR) is 72.5 cm³/mol. The lowest BCUT2D eigenvalue weighted by Crippen LogP contribution is -1.86. The molecule has 8 heteroatoms. The Hall–Kier alpha value is 0.920. The molecule has 0 amide bonds. The van der Waals surface area contributed by atoms with E-state index in [2.05, 4.69) is 9.98 Å². The number of hydrogen-bond acceptors (Lipinski definition) is 6. The molecule has 0 saturated heterocycles. The fourth-order valence-corrected chi connectivity index (χ4v) is 6.14. The van der Waals surface area contributed by atoms with Crippen LogP contribution in [0, 0.1) is 0 Å². The molecule has 0 bridgehead atoms. The highest BCUT2D eigenvalue weighted by Gasteiger charge is 2.00. The summed E-state index contributed by atoms with van der Waals surface area (Å²) in [4.78, 5) is 7.87. The second kappa shape index (κ2) is 6.39. The number of aliphatic imine (C=N–C) groups is 2. The van der Waals surface area contributed by atoms with Gasteiger partial charge in [-0.25, -0.2) is 9.98 Å². The lowest BCUT2D eigenvalue weighted by molar-refractivity contribution is 1.85. The third kappa shape index (κ3) is 4.83. The van der Waals surface area contributed by atoms with Gasteiger partial charge in [0.2, 0.25) is 0 Å². The zero-order valence-corrected chi connectivity index (χ0v) is 10.4. The van der Waals surface area contributed by atoms with Crippen molar-refractivity contribution in [3.05, 3.63) is 0 Å². The first-order valence-corrected chi connectivity index (χ1v) is 8.25. The number of thiocarbonyl (C=S) groups is 2. The topological polar surface area (TPSA) is 24.7 Å². The molecule has 0 radical (unpaired) electrons. The molecular weight excluding hydrogens is 268 g/mol. The van der Waals surface area contributed by atoms with Crippen molar-refractivity contribution in [3.63, 3.8) is 0 Å². The van der Waals surface area contributed by atoms with Crippen molar-refractivity contribution in [1.82, 2.24) is 0 Å². The zero-order chi connectivity index (χ0) is 8.81. The van der Waals surface area contributed by atoms with Crippen molar-refractivity contribution in [3.8, 4) is 0 Å². The van der Waals surface area contributed by atoms with Crippen molar-refractivity contribution >= 4 is 86.7 Å². The van der Waals surface area contributed by atoms with Gasteiger partial charge in [-0.15, -0.1) is 0 Å². The Bertz CT molecular complexity index is 220. The molecule has 0 saturated carbocycles. The molecule has 0 aromatic rings. The standard InChI is InChI=1S/C4H2N2S6/c7-3-5-1-2-6-4(8)10-12-11-9-3/h1-2H. The van der Waals surface area contributed by atoms with E-state index in [0.717, 1.165) is 0 Å². The van der Waals surface area contributed by atoms with Gasteiger partial charge in [-0.05, 0) is 65.7 Å². The highest BCUT2D eigenvalue weighted by molar-refractivity contribution is 9.29. The summed E-state index contributed by atoms with van der Waals surface area (Å²) < 4.78 is 1.21. The van der Waals surface area contributed by atoms with Gasteiger partial charge in [0.1, 0.15) is 0 Å². The van der Waals surface area contributed by atoms with E-state index in [1.54, 1.807) is 32.1 Å². The summed E-state index contributed by atoms with van der Waals surface area (Å²) in [6.07, 6.45) is 3.11. The summed E-state index contributed by atoms with van der Waals surface area (Å²) in [6.45, 7) is 0. The van der Waals surface area contributed by atoms with Gasteiger partial charge < -0.3 is 0 Å². The Balaban J connectivity index is 2.59. The minimum absolute atomic E-state index is 0.604. The van der Waals surface area contributed by atoms with Crippen LogP contribution in [0.1, 0.15) is 0 Å². The monoisotopic (exact) mass is 270 g/mol. The van der Waals surface area contributed by atoms with E-state index < -0.39 is 0 Å². The van der Waals surface area contributed by atoms with Crippen LogP contribution in [-0.4, -0.2) is 21.1 Å². The first kappa shape index (κ1) is 11.0. The predicted octanol–water partition coefficient (Wildman–Crippen LogP) is 3.39. The van der Waals surface area contributed by atoms with Gasteiger partial charge in [-0.3, -0.25) is 0 Å². The van der Waals surface area contributed by atoms with Crippen LogP contribution in [0.4, 0.5) is 0 Å². The molecule has 1 aliphatic heterocycles. The normalized spacial score (nSPS) is 19.7. The Morgan fingerprint density at radius 3 is 1.75 bits per heavy atom. The Morgan fingerprint density at radius 2 is 1.33 bits per heavy atom. The van der Waals surface area contributed by atoms with Crippen LogP contribution < -0.4 is 0 Å². The minimum Gasteiger partial charge on any atom is -0.236 e. The first-order valence-electron chi connectivity index (χ1n) is 2.61. The second-order valence-electron chi connectivity index (χ2n) is 1.39. The van der Waals surface area contributed by atoms with Crippen LogP contribution in [0.5, 0.6) is 0 Å². The molecular formula is C4H2N2S6. The first-order chi connectivity index (χ1) is 5.79. The Morgan fingerprint density at radius 1 is 0.917 bits per heavy atom. The summed E-state index contributed by atoms with van der Waals surface area (Å²) in [5.41, 5.74) is 0. The molecule has 0 atom stereocenters.